The molecule has 0 aliphatic rings. The summed E-state index contributed by atoms with van der Waals surface area (Å²) in [6.45, 7) is 27.3. The summed E-state index contributed by atoms with van der Waals surface area (Å²) >= 11 is 0. The van der Waals surface area contributed by atoms with Gasteiger partial charge in [-0.1, -0.05) is 101 Å². The molecule has 54 heavy (non-hydrogen) atoms. The van der Waals surface area contributed by atoms with Crippen LogP contribution in [-0.4, -0.2) is 25.0 Å². The van der Waals surface area contributed by atoms with Gasteiger partial charge in [0.1, 0.15) is 12.5 Å². The van der Waals surface area contributed by atoms with Crippen molar-refractivity contribution in [3.63, 3.8) is 0 Å². The zero-order valence-electron chi connectivity index (χ0n) is 34.6. The Morgan fingerprint density at radius 1 is 0.537 bits per heavy atom. The predicted molar refractivity (Wildman–Crippen MR) is 222 cm³/mol. The average molecular weight is 735 g/mol. The lowest BCUT2D eigenvalue weighted by atomic mass is 9.84. The van der Waals surface area contributed by atoms with Gasteiger partial charge in [-0.15, -0.1) is 0 Å². The largest absolute Gasteiger partial charge is 0.390 e. The molecule has 5 nitrogen and oxygen atoms in total. The predicted octanol–water partition coefficient (Wildman–Crippen LogP) is 12.2. The van der Waals surface area contributed by atoms with Gasteiger partial charge < -0.3 is 5.11 Å². The Bertz CT molecular complexity index is 2050. The molecule has 7 heteroatoms. The fraction of sp³-hybridized carbons (Fsp3) is 0.404. The molecule has 0 amide bonds. The second-order valence-corrected chi connectivity index (χ2v) is 17.7. The third-order valence-corrected chi connectivity index (χ3v) is 8.82. The fourth-order valence-electron chi connectivity index (χ4n) is 5.76. The maximum Gasteiger partial charge on any atom is 0.131 e. The molecule has 6 aromatic rings. The van der Waals surface area contributed by atoms with Gasteiger partial charge in [0.05, 0.1) is 29.0 Å². The molecule has 0 saturated carbocycles. The molecule has 6 rings (SSSR count). The van der Waals surface area contributed by atoms with Gasteiger partial charge in [-0.3, -0.25) is 19.9 Å². The smallest absolute Gasteiger partial charge is 0.131 e. The molecular weight excluding hydrogens is 675 g/mol. The number of aromatic nitrogens is 4. The molecule has 0 bridgehead atoms. The number of benzene rings is 2. The number of aliphatic hydroxyl groups excluding tert-OH is 1. The first-order chi connectivity index (χ1) is 25.0. The number of alkyl halides is 1. The van der Waals surface area contributed by atoms with Gasteiger partial charge in [0, 0.05) is 35.1 Å². The highest BCUT2D eigenvalue weighted by atomic mass is 19.1. The Morgan fingerprint density at radius 3 is 1.65 bits per heavy atom. The van der Waals surface area contributed by atoms with E-state index in [1.54, 1.807) is 24.5 Å². The number of halogens is 2. The first-order valence-corrected chi connectivity index (χ1v) is 18.5. The van der Waals surface area contributed by atoms with Crippen molar-refractivity contribution in [3.8, 4) is 0 Å². The Morgan fingerprint density at radius 2 is 1.11 bits per heavy atom. The van der Waals surface area contributed by atoms with E-state index < -0.39 is 6.67 Å². The van der Waals surface area contributed by atoms with E-state index in [0.717, 1.165) is 38.9 Å². The molecule has 0 fully saturated rings. The van der Waals surface area contributed by atoms with Crippen LogP contribution < -0.4 is 0 Å². The van der Waals surface area contributed by atoms with Crippen LogP contribution in [0.4, 0.5) is 8.78 Å². The van der Waals surface area contributed by atoms with E-state index in [2.05, 4.69) is 127 Å². The second-order valence-electron chi connectivity index (χ2n) is 17.7. The standard InChI is InChI=1S/C14H16FN.C13H15N.C10H14FN.C10H15NO/c1-9-7-12(14(2,3)4)11-8-10(15)5-6-13(11)16-9;1-13(2,3)11-7-4-8-12-10(11)6-5-9-14-12;1-10(2,3)8-4-5-12-9(6-8)7-11;1-10(2,3)8-4-5-11-9(6-8)7-12/h5-8H,1-4H3;4-9H,1-3H3;4-6H,7H2,1-3H3;4-6,12H,7H2,1-3H3. The highest BCUT2D eigenvalue weighted by Crippen LogP contribution is 2.31. The zero-order chi connectivity index (χ0) is 40.5. The summed E-state index contributed by atoms with van der Waals surface area (Å²) in [7, 11) is 0. The number of hydrogen-bond donors (Lipinski definition) is 1. The fourth-order valence-corrected chi connectivity index (χ4v) is 5.76. The van der Waals surface area contributed by atoms with Gasteiger partial charge in [0.2, 0.25) is 0 Å². The highest BCUT2D eigenvalue weighted by molar-refractivity contribution is 5.84. The van der Waals surface area contributed by atoms with Gasteiger partial charge in [-0.2, -0.15) is 0 Å². The third-order valence-electron chi connectivity index (χ3n) is 8.82. The summed E-state index contributed by atoms with van der Waals surface area (Å²) in [6, 6.07) is 25.0. The second kappa shape index (κ2) is 18.1. The first kappa shape index (κ1) is 43.8. The van der Waals surface area contributed by atoms with Crippen LogP contribution in [0.1, 0.15) is 122 Å². The van der Waals surface area contributed by atoms with Crippen molar-refractivity contribution < 1.29 is 13.9 Å². The maximum atomic E-state index is 13.3. The van der Waals surface area contributed by atoms with E-state index in [0.29, 0.717) is 5.69 Å². The average Bonchev–Trinajstić information content (AvgIpc) is 3.10. The lowest BCUT2D eigenvalue weighted by Crippen LogP contribution is -2.12. The Labute approximate surface area is 322 Å². The molecule has 0 spiro atoms. The van der Waals surface area contributed by atoms with Crippen molar-refractivity contribution in [3.05, 3.63) is 143 Å². The molecule has 1 N–H and O–H groups in total. The van der Waals surface area contributed by atoms with Crippen molar-refractivity contribution in [1.29, 1.82) is 0 Å². The summed E-state index contributed by atoms with van der Waals surface area (Å²) in [5, 5.41) is 11.0. The number of nitrogens with zero attached hydrogens (tertiary/aromatic N) is 4. The molecule has 4 aromatic heterocycles. The van der Waals surface area contributed by atoms with Crippen LogP contribution in [0.3, 0.4) is 0 Å². The molecule has 4 heterocycles. The third kappa shape index (κ3) is 12.8. The van der Waals surface area contributed by atoms with E-state index in [9.17, 15) is 8.78 Å². The van der Waals surface area contributed by atoms with Crippen LogP contribution in [-0.2, 0) is 34.9 Å². The van der Waals surface area contributed by atoms with Gasteiger partial charge in [0.15, 0.2) is 0 Å². The van der Waals surface area contributed by atoms with Crippen molar-refractivity contribution in [1.82, 2.24) is 19.9 Å². The highest BCUT2D eigenvalue weighted by Gasteiger charge is 2.19. The number of hydrogen-bond acceptors (Lipinski definition) is 5. The molecular formula is C47H60F2N4O. The zero-order valence-corrected chi connectivity index (χ0v) is 34.6. The van der Waals surface area contributed by atoms with Gasteiger partial charge in [-0.25, -0.2) is 8.78 Å². The summed E-state index contributed by atoms with van der Waals surface area (Å²) in [5.74, 6) is -0.205. The minimum absolute atomic E-state index is 0.000255. The Hall–Kier alpha value is -4.62. The summed E-state index contributed by atoms with van der Waals surface area (Å²) < 4.78 is 25.5. The molecule has 0 saturated heterocycles. The van der Waals surface area contributed by atoms with Gasteiger partial charge in [0.25, 0.3) is 0 Å². The van der Waals surface area contributed by atoms with Crippen molar-refractivity contribution in [2.45, 2.75) is 125 Å². The van der Waals surface area contributed by atoms with Crippen LogP contribution in [0.15, 0.2) is 97.5 Å². The summed E-state index contributed by atoms with van der Waals surface area (Å²) in [6.07, 6.45) is 5.25. The Kier molecular flexibility index (Phi) is 14.7. The van der Waals surface area contributed by atoms with Gasteiger partial charge >= 0.3 is 0 Å². The molecule has 0 radical (unpaired) electrons. The lowest BCUT2D eigenvalue weighted by molar-refractivity contribution is 0.276. The monoisotopic (exact) mass is 734 g/mol. The van der Waals surface area contributed by atoms with E-state index in [1.165, 1.54) is 22.6 Å². The molecule has 0 aliphatic carbocycles. The minimum atomic E-state index is -0.482. The lowest BCUT2D eigenvalue weighted by Gasteiger charge is -2.21. The van der Waals surface area contributed by atoms with E-state index in [1.807, 2.05) is 49.5 Å². The quantitative estimate of drug-likeness (QED) is 0.192. The van der Waals surface area contributed by atoms with E-state index in [4.69, 9.17) is 5.11 Å². The maximum absolute atomic E-state index is 13.3. The number of aliphatic hydroxyl groups is 1. The van der Waals surface area contributed by atoms with E-state index >= 15 is 0 Å². The van der Waals surface area contributed by atoms with Gasteiger partial charge in [-0.05, 0) is 112 Å². The molecule has 0 atom stereocenters. The number of fused-ring (bicyclic) bond motifs is 2. The number of aryl methyl sites for hydroxylation is 1. The topological polar surface area (TPSA) is 71.8 Å². The Balaban J connectivity index is 0.000000195. The van der Waals surface area contributed by atoms with Crippen molar-refractivity contribution in [2.75, 3.05) is 0 Å². The first-order valence-electron chi connectivity index (χ1n) is 18.5. The molecule has 0 unspecified atom stereocenters. The minimum Gasteiger partial charge on any atom is -0.390 e. The van der Waals surface area contributed by atoms with Crippen LogP contribution in [0.5, 0.6) is 0 Å². The van der Waals surface area contributed by atoms with Crippen LogP contribution in [0, 0.1) is 12.7 Å². The summed E-state index contributed by atoms with van der Waals surface area (Å²) in [4.78, 5) is 16.7. The van der Waals surface area contributed by atoms with Crippen molar-refractivity contribution in [2.24, 2.45) is 0 Å². The molecule has 288 valence electrons. The van der Waals surface area contributed by atoms with Crippen LogP contribution in [0.25, 0.3) is 21.8 Å². The normalized spacial score (nSPS) is 11.9. The van der Waals surface area contributed by atoms with Crippen LogP contribution in [0.2, 0.25) is 0 Å². The number of pyridine rings is 4. The number of rotatable bonds is 2. The summed E-state index contributed by atoms with van der Waals surface area (Å²) in [5.41, 5.74) is 9.42. The molecule has 0 aliphatic heterocycles. The van der Waals surface area contributed by atoms with Crippen molar-refractivity contribution >= 4 is 21.8 Å². The SMILES string of the molecule is CC(C)(C)c1cccc2ncccc12.CC(C)(C)c1ccnc(CF)c1.CC(C)(C)c1ccnc(CO)c1.Cc1cc(C(C)(C)C)c2cc(F)ccc2n1. The van der Waals surface area contributed by atoms with E-state index in [-0.39, 0.29) is 34.1 Å². The van der Waals surface area contributed by atoms with Crippen LogP contribution >= 0.6 is 0 Å². The molecule has 2 aromatic carbocycles.